The molecule has 21 heavy (non-hydrogen) atoms. The van der Waals surface area contributed by atoms with E-state index in [9.17, 15) is 13.2 Å². The van der Waals surface area contributed by atoms with Crippen LogP contribution in [0, 0.1) is 5.92 Å². The predicted molar refractivity (Wildman–Crippen MR) is 79.3 cm³/mol. The number of nitrogens with one attached hydrogen (secondary N) is 1. The molecule has 1 amide bonds. The maximum absolute atomic E-state index is 12.7. The average molecular weight is 314 g/mol. The molecule has 1 saturated heterocycles. The summed E-state index contributed by atoms with van der Waals surface area (Å²) in [4.78, 5) is 11.8. The number of piperidine rings is 1. The van der Waals surface area contributed by atoms with Gasteiger partial charge in [0.1, 0.15) is 10.6 Å². The molecule has 0 radical (unpaired) electrons. The molecule has 2 unspecified atom stereocenters. The number of carbonyl (C=O) groups is 1. The van der Waals surface area contributed by atoms with E-state index in [2.05, 4.69) is 5.32 Å². The Morgan fingerprint density at radius 3 is 2.67 bits per heavy atom. The number of hydrogen-bond acceptors (Lipinski definition) is 4. The Bertz CT molecular complexity index is 628. The van der Waals surface area contributed by atoms with Gasteiger partial charge in [-0.05, 0) is 18.4 Å². The van der Waals surface area contributed by atoms with Crippen LogP contribution in [-0.4, -0.2) is 49.4 Å². The third-order valence-corrected chi connectivity index (χ3v) is 5.53. The van der Waals surface area contributed by atoms with Gasteiger partial charge in [-0.1, -0.05) is 6.92 Å². The summed E-state index contributed by atoms with van der Waals surface area (Å²) in [5, 5.41) is 2.49. The highest BCUT2D eigenvalue weighted by atomic mass is 32.2. The number of aryl methyl sites for hydroxylation is 1. The molecule has 2 rings (SSSR count). The first kappa shape index (κ1) is 16.0. The molecule has 0 bridgehead atoms. The predicted octanol–water partition coefficient (Wildman–Crippen LogP) is -0.257. The Labute approximate surface area is 125 Å². The normalized spacial score (nSPS) is 24.0. The maximum atomic E-state index is 12.7. The van der Waals surface area contributed by atoms with Crippen molar-refractivity contribution in [3.8, 4) is 0 Å². The highest BCUT2D eigenvalue weighted by molar-refractivity contribution is 7.89. The Hall–Kier alpha value is -1.38. The number of hydrogen-bond donors (Lipinski definition) is 2. The second-order valence-electron chi connectivity index (χ2n) is 5.67. The summed E-state index contributed by atoms with van der Waals surface area (Å²) < 4.78 is 28.3. The number of aromatic nitrogens is 1. The molecule has 3 N–H and O–H groups in total. The first-order valence-electron chi connectivity index (χ1n) is 6.90. The van der Waals surface area contributed by atoms with Crippen molar-refractivity contribution in [1.29, 1.82) is 0 Å². The number of carbonyl (C=O) groups excluding carboxylic acids is 1. The first-order chi connectivity index (χ1) is 9.75. The minimum atomic E-state index is -3.62. The molecule has 0 saturated carbocycles. The van der Waals surface area contributed by atoms with E-state index in [4.69, 9.17) is 5.73 Å². The van der Waals surface area contributed by atoms with Gasteiger partial charge in [-0.25, -0.2) is 8.42 Å². The Morgan fingerprint density at radius 1 is 1.43 bits per heavy atom. The second-order valence-corrected chi connectivity index (χ2v) is 7.61. The summed E-state index contributed by atoms with van der Waals surface area (Å²) in [5.41, 5.74) is 6.23. The van der Waals surface area contributed by atoms with Gasteiger partial charge in [-0.2, -0.15) is 4.31 Å². The van der Waals surface area contributed by atoms with Crippen molar-refractivity contribution in [3.05, 3.63) is 18.0 Å². The van der Waals surface area contributed by atoms with Crippen molar-refractivity contribution < 1.29 is 13.2 Å². The second kappa shape index (κ2) is 5.78. The molecule has 1 fully saturated rings. The van der Waals surface area contributed by atoms with Gasteiger partial charge < -0.3 is 15.6 Å². The summed E-state index contributed by atoms with van der Waals surface area (Å²) in [6.07, 6.45) is 2.29. The van der Waals surface area contributed by atoms with Crippen LogP contribution in [-0.2, 0) is 17.1 Å². The fourth-order valence-electron chi connectivity index (χ4n) is 2.72. The highest BCUT2D eigenvalue weighted by Gasteiger charge is 2.33. The molecule has 8 heteroatoms. The number of nitrogens with zero attached hydrogens (tertiary/aromatic N) is 2. The molecular weight excluding hydrogens is 292 g/mol. The fourth-order valence-corrected chi connectivity index (χ4v) is 4.41. The quantitative estimate of drug-likeness (QED) is 0.803. The third kappa shape index (κ3) is 3.12. The van der Waals surface area contributed by atoms with E-state index in [0.717, 1.165) is 6.42 Å². The lowest BCUT2D eigenvalue weighted by molar-refractivity contribution is 0.0955. The molecule has 118 valence electrons. The van der Waals surface area contributed by atoms with Crippen LogP contribution in [0.25, 0.3) is 0 Å². The monoisotopic (exact) mass is 314 g/mol. The smallest absolute Gasteiger partial charge is 0.267 e. The summed E-state index contributed by atoms with van der Waals surface area (Å²) in [7, 11) is -0.463. The van der Waals surface area contributed by atoms with Crippen LogP contribution in [0.4, 0.5) is 0 Å². The number of sulfonamides is 1. The lowest BCUT2D eigenvalue weighted by Gasteiger charge is -2.33. The first-order valence-corrected chi connectivity index (χ1v) is 8.34. The summed E-state index contributed by atoms with van der Waals surface area (Å²) in [6, 6.07) is 1.25. The molecule has 1 aliphatic heterocycles. The highest BCUT2D eigenvalue weighted by Crippen LogP contribution is 2.24. The lowest BCUT2D eigenvalue weighted by atomic mass is 9.99. The minimum Gasteiger partial charge on any atom is -0.354 e. The molecule has 2 atom stereocenters. The van der Waals surface area contributed by atoms with Crippen molar-refractivity contribution in [2.45, 2.75) is 24.3 Å². The molecule has 2 heterocycles. The lowest BCUT2D eigenvalue weighted by Crippen LogP contribution is -2.48. The number of amides is 1. The Morgan fingerprint density at radius 2 is 2.10 bits per heavy atom. The van der Waals surface area contributed by atoms with E-state index < -0.39 is 10.0 Å². The zero-order valence-electron chi connectivity index (χ0n) is 12.5. The maximum Gasteiger partial charge on any atom is 0.267 e. The van der Waals surface area contributed by atoms with E-state index in [0.29, 0.717) is 18.8 Å². The van der Waals surface area contributed by atoms with Crippen molar-refractivity contribution in [2.75, 3.05) is 20.1 Å². The van der Waals surface area contributed by atoms with Crippen LogP contribution >= 0.6 is 0 Å². The average Bonchev–Trinajstić information content (AvgIpc) is 2.79. The zero-order chi connectivity index (χ0) is 15.8. The van der Waals surface area contributed by atoms with Gasteiger partial charge in [0.15, 0.2) is 0 Å². The van der Waals surface area contributed by atoms with Gasteiger partial charge in [0, 0.05) is 39.4 Å². The SMILES string of the molecule is CNC(=O)c1cc(S(=O)(=O)N2CC(C)CC(N)C2)cn1C. The Kier molecular flexibility index (Phi) is 4.40. The van der Waals surface area contributed by atoms with E-state index in [-0.39, 0.29) is 22.8 Å². The van der Waals surface area contributed by atoms with E-state index in [1.165, 1.54) is 28.2 Å². The van der Waals surface area contributed by atoms with E-state index in [1.54, 1.807) is 7.05 Å². The third-order valence-electron chi connectivity index (χ3n) is 3.74. The number of nitrogens with two attached hydrogens (primary N) is 1. The molecule has 7 nitrogen and oxygen atoms in total. The van der Waals surface area contributed by atoms with Crippen molar-refractivity contribution in [2.24, 2.45) is 18.7 Å². The van der Waals surface area contributed by atoms with Crippen LogP contribution in [0.3, 0.4) is 0 Å². The van der Waals surface area contributed by atoms with Crippen molar-refractivity contribution >= 4 is 15.9 Å². The molecule has 0 aromatic carbocycles. The van der Waals surface area contributed by atoms with Crippen LogP contribution in [0.1, 0.15) is 23.8 Å². The fraction of sp³-hybridized carbons (Fsp3) is 0.615. The van der Waals surface area contributed by atoms with Crippen LogP contribution in [0.5, 0.6) is 0 Å². The van der Waals surface area contributed by atoms with Crippen molar-refractivity contribution in [1.82, 2.24) is 14.2 Å². The van der Waals surface area contributed by atoms with Gasteiger partial charge in [-0.3, -0.25) is 4.79 Å². The van der Waals surface area contributed by atoms with Gasteiger partial charge in [0.25, 0.3) is 5.91 Å². The van der Waals surface area contributed by atoms with E-state index in [1.807, 2.05) is 6.92 Å². The standard InChI is InChI=1S/C13H22N4O3S/c1-9-4-10(14)7-17(6-9)21(19,20)11-5-12(13(18)15-2)16(3)8-11/h5,8-10H,4,6-7,14H2,1-3H3,(H,15,18). The molecular formula is C13H22N4O3S. The summed E-state index contributed by atoms with van der Waals surface area (Å²) in [5.74, 6) is -0.0895. The van der Waals surface area contributed by atoms with E-state index >= 15 is 0 Å². The number of rotatable bonds is 3. The van der Waals surface area contributed by atoms with Gasteiger partial charge in [0.05, 0.1) is 0 Å². The van der Waals surface area contributed by atoms with Crippen LogP contribution < -0.4 is 11.1 Å². The van der Waals surface area contributed by atoms with Crippen LogP contribution in [0.15, 0.2) is 17.2 Å². The Balaban J connectivity index is 2.34. The van der Waals surface area contributed by atoms with Gasteiger partial charge >= 0.3 is 0 Å². The molecule has 0 aliphatic carbocycles. The van der Waals surface area contributed by atoms with Gasteiger partial charge in [0.2, 0.25) is 10.0 Å². The largest absolute Gasteiger partial charge is 0.354 e. The summed E-state index contributed by atoms with van der Waals surface area (Å²) >= 11 is 0. The molecule has 1 aliphatic rings. The van der Waals surface area contributed by atoms with Crippen LogP contribution in [0.2, 0.25) is 0 Å². The van der Waals surface area contributed by atoms with Gasteiger partial charge in [-0.15, -0.1) is 0 Å². The summed E-state index contributed by atoms with van der Waals surface area (Å²) in [6.45, 7) is 2.76. The van der Waals surface area contributed by atoms with Crippen molar-refractivity contribution in [3.63, 3.8) is 0 Å². The molecule has 1 aromatic rings. The minimum absolute atomic E-state index is 0.130. The molecule has 0 spiro atoms. The zero-order valence-corrected chi connectivity index (χ0v) is 13.4. The topological polar surface area (TPSA) is 97.4 Å². The molecule has 1 aromatic heterocycles.